The lowest BCUT2D eigenvalue weighted by molar-refractivity contribution is -0.138. The van der Waals surface area contributed by atoms with Gasteiger partial charge in [0.05, 0.1) is 29.1 Å². The Bertz CT molecular complexity index is 1340. The zero-order valence-corrected chi connectivity index (χ0v) is 18.8. The van der Waals surface area contributed by atoms with Crippen molar-refractivity contribution >= 4 is 16.6 Å². The number of ether oxygens (including phenoxy) is 1. The molecular weight excluding hydrogens is 437 g/mol. The first-order valence-corrected chi connectivity index (χ1v) is 10.6. The zero-order chi connectivity index (χ0) is 24.1. The van der Waals surface area contributed by atoms with Crippen molar-refractivity contribution in [2.24, 2.45) is 7.05 Å². The number of rotatable bonds is 4. The van der Waals surface area contributed by atoms with Crippen LogP contribution in [0.3, 0.4) is 0 Å². The van der Waals surface area contributed by atoms with Crippen molar-refractivity contribution in [1.82, 2.24) is 14.3 Å². The third-order valence-electron chi connectivity index (χ3n) is 6.36. The van der Waals surface area contributed by atoms with Crippen LogP contribution < -0.4 is 16.4 Å². The van der Waals surface area contributed by atoms with Gasteiger partial charge < -0.3 is 14.6 Å². The van der Waals surface area contributed by atoms with Crippen LogP contribution in [0.4, 0.5) is 19.0 Å². The Morgan fingerprint density at radius 1 is 1.24 bits per heavy atom. The number of aryl methyl sites for hydroxylation is 1. The lowest BCUT2D eigenvalue weighted by Crippen LogP contribution is -2.39. The van der Waals surface area contributed by atoms with Crippen LogP contribution in [0.5, 0.6) is 0 Å². The molecule has 0 aliphatic carbocycles. The van der Waals surface area contributed by atoms with Crippen molar-refractivity contribution in [1.29, 1.82) is 0 Å². The Balaban J connectivity index is 1.84. The minimum Gasteiger partial charge on any atom is -0.379 e. The van der Waals surface area contributed by atoms with Crippen LogP contribution in [0.2, 0.25) is 0 Å². The van der Waals surface area contributed by atoms with Crippen molar-refractivity contribution in [3.05, 3.63) is 67.9 Å². The first-order valence-electron chi connectivity index (χ1n) is 10.6. The van der Waals surface area contributed by atoms with Gasteiger partial charge in [0.1, 0.15) is 0 Å². The monoisotopic (exact) mass is 462 g/mol. The van der Waals surface area contributed by atoms with Crippen molar-refractivity contribution in [2.45, 2.75) is 44.9 Å². The fourth-order valence-corrected chi connectivity index (χ4v) is 4.41. The topological polar surface area (TPSA) is 78.2 Å². The van der Waals surface area contributed by atoms with Gasteiger partial charge in [0.15, 0.2) is 5.82 Å². The molecule has 3 heterocycles. The molecule has 1 fully saturated rings. The predicted molar refractivity (Wildman–Crippen MR) is 119 cm³/mol. The summed E-state index contributed by atoms with van der Waals surface area (Å²) in [4.78, 5) is 25.5. The average molecular weight is 462 g/mol. The van der Waals surface area contributed by atoms with Gasteiger partial charge in [-0.15, -0.1) is 0 Å². The van der Waals surface area contributed by atoms with Crippen molar-refractivity contribution < 1.29 is 17.9 Å². The molecule has 10 heteroatoms. The number of hydrogen-bond donors (Lipinski definition) is 1. The molecule has 0 spiro atoms. The molecule has 1 unspecified atom stereocenters. The first kappa shape index (κ1) is 23.0. The Hall–Kier alpha value is -3.14. The standard InChI is InChI=1S/C23H25F3N4O3/c1-13-15(6-5-7-18(13)23(24,25)26)14(2)27-20-17-11-30(22(3)8-9-33-12-22)19(31)10-16(17)21(32)29(4)28-20/h5-7,10-11,14H,8-9,12H2,1-4H3,(H,27,28)/t14?,22-/m1/s1. The quantitative estimate of drug-likeness (QED) is 0.639. The highest BCUT2D eigenvalue weighted by Crippen LogP contribution is 2.35. The molecule has 4 rings (SSSR count). The van der Waals surface area contributed by atoms with E-state index in [-0.39, 0.29) is 16.5 Å². The Kier molecular flexibility index (Phi) is 5.60. The van der Waals surface area contributed by atoms with Crippen LogP contribution >= 0.6 is 0 Å². The summed E-state index contributed by atoms with van der Waals surface area (Å²) in [7, 11) is 1.46. The fraction of sp³-hybridized carbons (Fsp3) is 0.435. The molecule has 0 amide bonds. The van der Waals surface area contributed by atoms with Crippen LogP contribution in [0, 0.1) is 6.92 Å². The second kappa shape index (κ2) is 8.02. The van der Waals surface area contributed by atoms with Crippen LogP contribution in [-0.2, 0) is 23.5 Å². The Morgan fingerprint density at radius 3 is 2.61 bits per heavy atom. The van der Waals surface area contributed by atoms with Crippen molar-refractivity contribution in [3.63, 3.8) is 0 Å². The smallest absolute Gasteiger partial charge is 0.379 e. The lowest BCUT2D eigenvalue weighted by atomic mass is 9.97. The number of anilines is 1. The number of halogens is 3. The summed E-state index contributed by atoms with van der Waals surface area (Å²) in [6.45, 7) is 5.94. The molecule has 1 aromatic carbocycles. The third kappa shape index (κ3) is 4.03. The van der Waals surface area contributed by atoms with Crippen LogP contribution in [-0.4, -0.2) is 27.6 Å². The van der Waals surface area contributed by atoms with Gasteiger partial charge in [0.2, 0.25) is 0 Å². The van der Waals surface area contributed by atoms with Gasteiger partial charge in [0, 0.05) is 31.3 Å². The molecule has 0 bridgehead atoms. The fourth-order valence-electron chi connectivity index (χ4n) is 4.41. The van der Waals surface area contributed by atoms with E-state index in [1.807, 2.05) is 6.92 Å². The van der Waals surface area contributed by atoms with E-state index in [1.165, 1.54) is 26.1 Å². The number of nitrogens with zero attached hydrogens (tertiary/aromatic N) is 3. The van der Waals surface area contributed by atoms with E-state index < -0.39 is 28.9 Å². The number of aromatic nitrogens is 3. The number of alkyl halides is 3. The van der Waals surface area contributed by atoms with Crippen molar-refractivity contribution in [2.75, 3.05) is 18.5 Å². The van der Waals surface area contributed by atoms with E-state index in [0.717, 1.165) is 10.7 Å². The zero-order valence-electron chi connectivity index (χ0n) is 18.8. The molecule has 7 nitrogen and oxygen atoms in total. The van der Waals surface area contributed by atoms with Crippen LogP contribution in [0.25, 0.3) is 10.8 Å². The minimum atomic E-state index is -4.46. The molecular formula is C23H25F3N4O3. The van der Waals surface area contributed by atoms with E-state index in [0.29, 0.717) is 36.4 Å². The van der Waals surface area contributed by atoms with Gasteiger partial charge in [-0.05, 0) is 44.4 Å². The summed E-state index contributed by atoms with van der Waals surface area (Å²) < 4.78 is 48.3. The van der Waals surface area contributed by atoms with Gasteiger partial charge in [0.25, 0.3) is 11.1 Å². The number of benzene rings is 1. The summed E-state index contributed by atoms with van der Waals surface area (Å²) in [5, 5.41) is 8.07. The molecule has 1 N–H and O–H groups in total. The molecule has 2 atom stereocenters. The lowest BCUT2D eigenvalue weighted by Gasteiger charge is -2.26. The van der Waals surface area contributed by atoms with E-state index in [9.17, 15) is 22.8 Å². The van der Waals surface area contributed by atoms with E-state index in [1.54, 1.807) is 23.8 Å². The Labute approximate surface area is 187 Å². The maximum atomic E-state index is 13.4. The highest BCUT2D eigenvalue weighted by Gasteiger charge is 2.34. The molecule has 1 aliphatic heterocycles. The highest BCUT2D eigenvalue weighted by atomic mass is 19.4. The SMILES string of the molecule is Cc1c(C(C)Nc2nn(C)c(=O)c3cc(=O)n([C@]4(C)CCOC4)cc23)cccc1C(F)(F)F. The number of pyridine rings is 1. The number of hydrogen-bond acceptors (Lipinski definition) is 5. The van der Waals surface area contributed by atoms with Gasteiger partial charge in [-0.3, -0.25) is 9.59 Å². The van der Waals surface area contributed by atoms with Crippen molar-refractivity contribution in [3.8, 4) is 0 Å². The normalized spacial score (nSPS) is 19.7. The van der Waals surface area contributed by atoms with Gasteiger partial charge in [-0.25, -0.2) is 4.68 Å². The summed E-state index contributed by atoms with van der Waals surface area (Å²) >= 11 is 0. The summed E-state index contributed by atoms with van der Waals surface area (Å²) in [6.07, 6.45) is -2.23. The van der Waals surface area contributed by atoms with E-state index in [2.05, 4.69) is 10.4 Å². The van der Waals surface area contributed by atoms with Gasteiger partial charge in [-0.1, -0.05) is 12.1 Å². The van der Waals surface area contributed by atoms with Crippen LogP contribution in [0.15, 0.2) is 40.1 Å². The minimum absolute atomic E-state index is 0.117. The van der Waals surface area contributed by atoms with E-state index in [4.69, 9.17) is 4.74 Å². The number of fused-ring (bicyclic) bond motifs is 1. The molecule has 1 saturated heterocycles. The summed E-state index contributed by atoms with van der Waals surface area (Å²) in [6, 6.07) is 4.78. The van der Waals surface area contributed by atoms with Gasteiger partial charge in [-0.2, -0.15) is 18.3 Å². The second-order valence-corrected chi connectivity index (χ2v) is 8.77. The molecule has 33 heavy (non-hydrogen) atoms. The molecule has 2 aromatic heterocycles. The largest absolute Gasteiger partial charge is 0.416 e. The van der Waals surface area contributed by atoms with Gasteiger partial charge >= 0.3 is 6.18 Å². The second-order valence-electron chi connectivity index (χ2n) is 8.77. The number of nitrogens with one attached hydrogen (secondary N) is 1. The van der Waals surface area contributed by atoms with Crippen LogP contribution in [0.1, 0.15) is 43.0 Å². The highest BCUT2D eigenvalue weighted by molar-refractivity contribution is 5.90. The Morgan fingerprint density at radius 2 is 1.97 bits per heavy atom. The predicted octanol–water partition coefficient (Wildman–Crippen LogP) is 3.73. The molecule has 176 valence electrons. The van der Waals surface area contributed by atoms with E-state index >= 15 is 0 Å². The molecule has 1 aliphatic rings. The maximum absolute atomic E-state index is 13.4. The molecule has 3 aromatic rings. The first-order chi connectivity index (χ1) is 15.4. The summed E-state index contributed by atoms with van der Waals surface area (Å²) in [5.74, 6) is 0.299. The summed E-state index contributed by atoms with van der Waals surface area (Å²) in [5.41, 5.74) is -1.45. The maximum Gasteiger partial charge on any atom is 0.416 e. The third-order valence-corrected chi connectivity index (χ3v) is 6.36. The molecule has 0 radical (unpaired) electrons. The average Bonchev–Trinajstić information content (AvgIpc) is 3.18. The molecule has 0 saturated carbocycles.